The second-order valence-electron chi connectivity index (χ2n) is 22.5. The number of carbonyl (C=O) groups excluding carboxylic acids is 7. The van der Waals surface area contributed by atoms with E-state index < -0.39 is 102 Å². The predicted molar refractivity (Wildman–Crippen MR) is 322 cm³/mol. The molecule has 0 aliphatic carbocycles. The van der Waals surface area contributed by atoms with Crippen molar-refractivity contribution >= 4 is 53.0 Å². The monoisotopic (exact) mass is 1140 g/mol. The number of ketones is 2. The van der Waals surface area contributed by atoms with Gasteiger partial charge in [0.2, 0.25) is 29.5 Å². The molecule has 5 amide bonds. The van der Waals surface area contributed by atoms with E-state index in [0.717, 1.165) is 33.4 Å². The maximum Gasteiger partial charge on any atom is 0.335 e. The van der Waals surface area contributed by atoms with E-state index in [4.69, 9.17) is 0 Å². The van der Waals surface area contributed by atoms with Gasteiger partial charge in [-0.05, 0) is 96.2 Å². The van der Waals surface area contributed by atoms with Crippen molar-refractivity contribution in [2.24, 2.45) is 23.7 Å². The number of amides is 5. The molecule has 2 unspecified atom stereocenters. The lowest BCUT2D eigenvalue weighted by Crippen LogP contribution is -2.59. The van der Waals surface area contributed by atoms with E-state index >= 15 is 9.59 Å². The lowest BCUT2D eigenvalue weighted by atomic mass is 9.85. The fourth-order valence-electron chi connectivity index (χ4n) is 9.84. The van der Waals surface area contributed by atoms with Crippen LogP contribution in [0.1, 0.15) is 98.1 Å². The quantitative estimate of drug-likeness (QED) is 0.0234. The first-order valence-electron chi connectivity index (χ1n) is 28.4. The van der Waals surface area contributed by atoms with Crippen LogP contribution >= 0.6 is 0 Å². The van der Waals surface area contributed by atoms with Crippen molar-refractivity contribution in [1.82, 2.24) is 26.6 Å². The third-order valence-corrected chi connectivity index (χ3v) is 15.1. The zero-order valence-electron chi connectivity index (χ0n) is 48.9. The number of hydrogen-bond donors (Lipinski definition) is 7. The van der Waals surface area contributed by atoms with Crippen LogP contribution in [0.2, 0.25) is 0 Å². The Morgan fingerprint density at radius 2 is 0.821 bits per heavy atom. The van der Waals surface area contributed by atoms with E-state index in [1.165, 1.54) is 38.1 Å². The smallest absolute Gasteiger partial charge is 0.335 e. The molecule has 6 aromatic rings. The van der Waals surface area contributed by atoms with Crippen molar-refractivity contribution < 1.29 is 53.4 Å². The first kappa shape index (κ1) is 64.1. The van der Waals surface area contributed by atoms with Crippen LogP contribution in [0.4, 0.5) is 0 Å². The summed E-state index contributed by atoms with van der Waals surface area (Å²) in [6, 6.07) is 39.3. The van der Waals surface area contributed by atoms with Crippen molar-refractivity contribution in [2.75, 3.05) is 0 Å². The molecule has 6 aromatic carbocycles. The zero-order valence-corrected chi connectivity index (χ0v) is 48.9. The van der Waals surface area contributed by atoms with Crippen LogP contribution in [0.3, 0.4) is 0 Å². The third kappa shape index (κ3) is 19.0. The van der Waals surface area contributed by atoms with Crippen LogP contribution in [0.5, 0.6) is 0 Å². The average Bonchev–Trinajstić information content (AvgIpc) is 3.55. The van der Waals surface area contributed by atoms with Crippen LogP contribution in [0.15, 0.2) is 152 Å². The summed E-state index contributed by atoms with van der Waals surface area (Å²) < 4.78 is 0. The summed E-state index contributed by atoms with van der Waals surface area (Å²) in [5, 5.41) is 33.4. The van der Waals surface area contributed by atoms with Crippen molar-refractivity contribution in [3.05, 3.63) is 191 Å². The SMILES string of the molecule is CC(=O)C(CC(C)C)NC(=O)[C@H](C)C(C)C(=O)[C@H](Cc1ccc(C(=O)O)cc1)NC(=O)[C@H](Cc1ccc(-c2ccccc2)cc1)NC(=O)[C@H](Cc1ccc(-c2ccc(C)cc2)cc1)NC(=O)[C@H](Cc1cccc(C)c1)NC(=O)[C@@H](C)CC(=O)O. The molecule has 440 valence electrons. The minimum Gasteiger partial charge on any atom is -0.481 e. The number of benzene rings is 6. The van der Waals surface area contributed by atoms with Gasteiger partial charge in [0, 0.05) is 37.0 Å². The van der Waals surface area contributed by atoms with Crippen molar-refractivity contribution in [3.8, 4) is 22.3 Å². The summed E-state index contributed by atoms with van der Waals surface area (Å²) in [6.07, 6.45) is -0.494. The second kappa shape index (κ2) is 30.3. The number of carboxylic acid groups (broad SMARTS) is 2. The summed E-state index contributed by atoms with van der Waals surface area (Å²) in [5.74, 6) is -9.68. The largest absolute Gasteiger partial charge is 0.481 e. The molecule has 8 atom stereocenters. The highest BCUT2D eigenvalue weighted by molar-refractivity contribution is 5.98. The maximum atomic E-state index is 15.3. The topological polar surface area (TPSA) is 254 Å². The average molecular weight is 1140 g/mol. The molecule has 0 aliphatic rings. The number of aliphatic carboxylic acids is 1. The number of carbonyl (C=O) groups is 9. The molecule has 6 rings (SSSR count). The summed E-state index contributed by atoms with van der Waals surface area (Å²) in [4.78, 5) is 124. The van der Waals surface area contributed by atoms with Crippen LogP contribution < -0.4 is 26.6 Å². The van der Waals surface area contributed by atoms with Crippen molar-refractivity contribution in [1.29, 1.82) is 0 Å². The number of aryl methyl sites for hydroxylation is 2. The summed E-state index contributed by atoms with van der Waals surface area (Å²) in [7, 11) is 0. The van der Waals surface area contributed by atoms with E-state index in [1.807, 2.05) is 143 Å². The predicted octanol–water partition coefficient (Wildman–Crippen LogP) is 8.62. The molecule has 7 N–H and O–H groups in total. The minimum atomic E-state index is -1.42. The molecular weight excluding hydrogens is 1060 g/mol. The molecular formula is C68H77N5O11. The molecule has 0 saturated carbocycles. The Hall–Kier alpha value is -9.05. The van der Waals surface area contributed by atoms with E-state index in [0.29, 0.717) is 28.7 Å². The fourth-order valence-corrected chi connectivity index (χ4v) is 9.84. The van der Waals surface area contributed by atoms with Gasteiger partial charge in [-0.15, -0.1) is 0 Å². The normalized spacial score (nSPS) is 14.0. The van der Waals surface area contributed by atoms with Gasteiger partial charge in [-0.2, -0.15) is 0 Å². The van der Waals surface area contributed by atoms with E-state index in [2.05, 4.69) is 26.6 Å². The molecule has 0 spiro atoms. The number of rotatable bonds is 29. The van der Waals surface area contributed by atoms with Crippen LogP contribution in [-0.4, -0.2) is 93.5 Å². The summed E-state index contributed by atoms with van der Waals surface area (Å²) in [6.45, 7) is 13.6. The first-order chi connectivity index (χ1) is 39.9. The molecule has 16 nitrogen and oxygen atoms in total. The molecule has 0 saturated heterocycles. The van der Waals surface area contributed by atoms with Gasteiger partial charge in [0.05, 0.1) is 24.1 Å². The van der Waals surface area contributed by atoms with Gasteiger partial charge in [-0.3, -0.25) is 38.4 Å². The summed E-state index contributed by atoms with van der Waals surface area (Å²) >= 11 is 0. The number of aromatic carboxylic acids is 1. The highest BCUT2D eigenvalue weighted by atomic mass is 16.4. The Morgan fingerprint density at radius 3 is 1.27 bits per heavy atom. The summed E-state index contributed by atoms with van der Waals surface area (Å²) in [5.41, 5.74) is 8.05. The third-order valence-electron chi connectivity index (χ3n) is 15.1. The highest BCUT2D eigenvalue weighted by Crippen LogP contribution is 2.24. The molecule has 0 fully saturated rings. The lowest BCUT2D eigenvalue weighted by molar-refractivity contribution is -0.141. The van der Waals surface area contributed by atoms with Gasteiger partial charge in [0.1, 0.15) is 18.1 Å². The Morgan fingerprint density at radius 1 is 0.405 bits per heavy atom. The molecule has 16 heteroatoms. The number of Topliss-reactive ketones (excluding diaryl/α,β-unsaturated/α-hetero) is 2. The van der Waals surface area contributed by atoms with Gasteiger partial charge in [0.25, 0.3) is 0 Å². The van der Waals surface area contributed by atoms with Gasteiger partial charge in [0.15, 0.2) is 11.6 Å². The van der Waals surface area contributed by atoms with E-state index in [-0.39, 0.29) is 42.9 Å². The Kier molecular flexibility index (Phi) is 23.1. The molecule has 0 aromatic heterocycles. The molecule has 0 bridgehead atoms. The molecule has 0 heterocycles. The lowest BCUT2D eigenvalue weighted by Gasteiger charge is -2.29. The van der Waals surface area contributed by atoms with Gasteiger partial charge in [-0.1, -0.05) is 185 Å². The van der Waals surface area contributed by atoms with Crippen molar-refractivity contribution in [2.45, 2.75) is 124 Å². The number of nitrogens with one attached hydrogen (secondary N) is 5. The molecule has 84 heavy (non-hydrogen) atoms. The molecule has 0 aliphatic heterocycles. The van der Waals surface area contributed by atoms with Crippen LogP contribution in [0.25, 0.3) is 22.3 Å². The fraction of sp³-hybridized carbons (Fsp3) is 0.338. The Bertz CT molecular complexity index is 3270. The number of carboxylic acids is 2. The minimum absolute atomic E-state index is 0.00716. The number of hydrogen-bond acceptors (Lipinski definition) is 9. The standard InChI is InChI=1S/C68H77N5O11/c1-40(2)33-56(46(8)74)69-64(79)45(7)44(6)62(77)57(36-47-23-31-55(32-24-47)68(83)84)70-65(80)58(37-48-19-27-53(28-20-48)51-15-10-9-11-16-51)72-66(81)59(38-49-21-29-54(30-22-49)52-25-17-41(3)18-26-52)73-67(82)60(39-50-14-12-13-42(4)34-50)71-63(78)43(5)35-61(75)76/h9-32,34,40,43-45,56-60H,33,35-39H2,1-8H3,(H,69,79)(H,70,80)(H,71,78)(H,72,81)(H,73,82)(H,75,76)(H,83,84)/t43-,44?,45+,56?,57-,58-,59-,60-/m0/s1. The van der Waals surface area contributed by atoms with E-state index in [9.17, 15) is 43.8 Å². The Labute approximate surface area is 491 Å². The van der Waals surface area contributed by atoms with Gasteiger partial charge >= 0.3 is 11.9 Å². The first-order valence-corrected chi connectivity index (χ1v) is 28.4. The van der Waals surface area contributed by atoms with Gasteiger partial charge in [-0.25, -0.2) is 4.79 Å². The molecule has 0 radical (unpaired) electrons. The van der Waals surface area contributed by atoms with Gasteiger partial charge < -0.3 is 36.8 Å². The van der Waals surface area contributed by atoms with Crippen molar-refractivity contribution in [3.63, 3.8) is 0 Å². The second-order valence-corrected chi connectivity index (χ2v) is 22.5. The maximum absolute atomic E-state index is 15.3. The zero-order chi connectivity index (χ0) is 61.2. The van der Waals surface area contributed by atoms with Crippen LogP contribution in [-0.2, 0) is 64.0 Å². The highest BCUT2D eigenvalue weighted by Gasteiger charge is 2.37. The Balaban J connectivity index is 1.39. The van der Waals surface area contributed by atoms with Crippen LogP contribution in [0, 0.1) is 37.5 Å². The van der Waals surface area contributed by atoms with E-state index in [1.54, 1.807) is 26.0 Å².